The van der Waals surface area contributed by atoms with Crippen molar-refractivity contribution in [2.75, 3.05) is 18.8 Å². The molecule has 1 saturated carbocycles. The summed E-state index contributed by atoms with van der Waals surface area (Å²) in [5, 5.41) is 3.14. The number of sulfonamides is 1. The van der Waals surface area contributed by atoms with E-state index in [0.717, 1.165) is 13.1 Å². The van der Waals surface area contributed by atoms with E-state index in [1.54, 1.807) is 0 Å². The standard InChI is InChI=1S/C12H26N2O2S/c1-3-13-9-6-10-17(15,16)14-11(2)12-7-4-5-8-12/h11-14H,3-10H2,1-2H3. The van der Waals surface area contributed by atoms with Crippen molar-refractivity contribution >= 4 is 10.0 Å². The second-order valence-electron chi connectivity index (χ2n) is 4.98. The monoisotopic (exact) mass is 262 g/mol. The Morgan fingerprint density at radius 1 is 1.29 bits per heavy atom. The molecule has 0 bridgehead atoms. The lowest BCUT2D eigenvalue weighted by Gasteiger charge is -2.20. The smallest absolute Gasteiger partial charge is 0.211 e. The Balaban J connectivity index is 2.27. The van der Waals surface area contributed by atoms with E-state index < -0.39 is 10.0 Å². The van der Waals surface area contributed by atoms with Crippen molar-refractivity contribution in [3.05, 3.63) is 0 Å². The molecule has 4 nitrogen and oxygen atoms in total. The maximum absolute atomic E-state index is 11.8. The third kappa shape index (κ3) is 5.84. The molecule has 1 atom stereocenters. The van der Waals surface area contributed by atoms with Crippen molar-refractivity contribution in [2.45, 2.75) is 52.0 Å². The zero-order valence-corrected chi connectivity index (χ0v) is 11.9. The molecule has 5 heteroatoms. The molecule has 17 heavy (non-hydrogen) atoms. The fourth-order valence-electron chi connectivity index (χ4n) is 2.46. The summed E-state index contributed by atoms with van der Waals surface area (Å²) in [7, 11) is -3.09. The highest BCUT2D eigenvalue weighted by Crippen LogP contribution is 2.27. The fourth-order valence-corrected chi connectivity index (χ4v) is 3.86. The van der Waals surface area contributed by atoms with E-state index in [1.807, 2.05) is 13.8 Å². The summed E-state index contributed by atoms with van der Waals surface area (Å²) in [6, 6.07) is 0.0987. The zero-order valence-electron chi connectivity index (χ0n) is 11.0. The Morgan fingerprint density at radius 2 is 1.94 bits per heavy atom. The normalized spacial score (nSPS) is 19.6. The molecular weight excluding hydrogens is 236 g/mol. The Labute approximate surface area is 106 Å². The summed E-state index contributed by atoms with van der Waals surface area (Å²) in [6.45, 7) is 5.69. The van der Waals surface area contributed by atoms with E-state index in [0.29, 0.717) is 12.3 Å². The van der Waals surface area contributed by atoms with Gasteiger partial charge >= 0.3 is 0 Å². The molecule has 0 heterocycles. The van der Waals surface area contributed by atoms with Crippen molar-refractivity contribution in [1.29, 1.82) is 0 Å². The molecule has 0 aliphatic heterocycles. The SMILES string of the molecule is CCNCCCS(=O)(=O)NC(C)C1CCCC1. The van der Waals surface area contributed by atoms with Crippen LogP contribution in [0.2, 0.25) is 0 Å². The molecule has 102 valence electrons. The first kappa shape index (κ1) is 14.9. The van der Waals surface area contributed by atoms with Crippen LogP contribution in [0.5, 0.6) is 0 Å². The fraction of sp³-hybridized carbons (Fsp3) is 1.00. The lowest BCUT2D eigenvalue weighted by atomic mass is 10.0. The van der Waals surface area contributed by atoms with Crippen LogP contribution >= 0.6 is 0 Å². The molecule has 0 saturated heterocycles. The van der Waals surface area contributed by atoms with Gasteiger partial charge in [-0.15, -0.1) is 0 Å². The Hall–Kier alpha value is -0.130. The van der Waals surface area contributed by atoms with Gasteiger partial charge in [0.15, 0.2) is 0 Å². The molecule has 2 N–H and O–H groups in total. The minimum Gasteiger partial charge on any atom is -0.317 e. The van der Waals surface area contributed by atoms with Gasteiger partial charge in [-0.25, -0.2) is 13.1 Å². The number of hydrogen-bond acceptors (Lipinski definition) is 3. The predicted molar refractivity (Wildman–Crippen MR) is 71.5 cm³/mol. The van der Waals surface area contributed by atoms with Crippen molar-refractivity contribution in [2.24, 2.45) is 5.92 Å². The van der Waals surface area contributed by atoms with Gasteiger partial charge in [-0.1, -0.05) is 19.8 Å². The molecule has 1 rings (SSSR count). The first-order valence-electron chi connectivity index (χ1n) is 6.76. The van der Waals surface area contributed by atoms with Crippen LogP contribution in [0.3, 0.4) is 0 Å². The van der Waals surface area contributed by atoms with Crippen LogP contribution in [-0.2, 0) is 10.0 Å². The lowest BCUT2D eigenvalue weighted by Crippen LogP contribution is -2.39. The highest BCUT2D eigenvalue weighted by atomic mass is 32.2. The average Bonchev–Trinajstić information content (AvgIpc) is 2.77. The summed E-state index contributed by atoms with van der Waals surface area (Å²) < 4.78 is 26.5. The molecule has 1 unspecified atom stereocenters. The summed E-state index contributed by atoms with van der Waals surface area (Å²) >= 11 is 0. The van der Waals surface area contributed by atoms with Gasteiger partial charge in [-0.2, -0.15) is 0 Å². The van der Waals surface area contributed by atoms with Crippen LogP contribution < -0.4 is 10.0 Å². The first-order chi connectivity index (χ1) is 8.05. The average molecular weight is 262 g/mol. The predicted octanol–water partition coefficient (Wildman–Crippen LogP) is 1.48. The van der Waals surface area contributed by atoms with Gasteiger partial charge < -0.3 is 5.32 Å². The van der Waals surface area contributed by atoms with E-state index in [2.05, 4.69) is 10.0 Å². The lowest BCUT2D eigenvalue weighted by molar-refractivity contribution is 0.423. The van der Waals surface area contributed by atoms with Crippen LogP contribution in [0.1, 0.15) is 46.0 Å². The van der Waals surface area contributed by atoms with Gasteiger partial charge in [0.05, 0.1) is 5.75 Å². The van der Waals surface area contributed by atoms with E-state index in [1.165, 1.54) is 25.7 Å². The molecule has 0 spiro atoms. The minimum absolute atomic E-state index is 0.0987. The summed E-state index contributed by atoms with van der Waals surface area (Å²) in [5.74, 6) is 0.774. The van der Waals surface area contributed by atoms with Crippen molar-refractivity contribution in [3.8, 4) is 0 Å². The third-order valence-corrected chi connectivity index (χ3v) is 5.05. The molecule has 0 aromatic heterocycles. The molecule has 0 amide bonds. The van der Waals surface area contributed by atoms with Crippen LogP contribution in [0, 0.1) is 5.92 Å². The van der Waals surface area contributed by atoms with Gasteiger partial charge in [-0.3, -0.25) is 0 Å². The summed E-state index contributed by atoms with van der Waals surface area (Å²) in [6.07, 6.45) is 5.51. The summed E-state index contributed by atoms with van der Waals surface area (Å²) in [4.78, 5) is 0. The first-order valence-corrected chi connectivity index (χ1v) is 8.41. The zero-order chi connectivity index (χ0) is 12.7. The van der Waals surface area contributed by atoms with Gasteiger partial charge in [0, 0.05) is 6.04 Å². The van der Waals surface area contributed by atoms with Crippen molar-refractivity contribution in [3.63, 3.8) is 0 Å². The second-order valence-corrected chi connectivity index (χ2v) is 6.85. The Kier molecular flexibility index (Phi) is 6.44. The van der Waals surface area contributed by atoms with Crippen LogP contribution in [0.25, 0.3) is 0 Å². The molecule has 1 aliphatic rings. The molecule has 1 aliphatic carbocycles. The van der Waals surface area contributed by atoms with Gasteiger partial charge in [-0.05, 0) is 45.2 Å². The second kappa shape index (κ2) is 7.34. The topological polar surface area (TPSA) is 58.2 Å². The van der Waals surface area contributed by atoms with Gasteiger partial charge in [0.1, 0.15) is 0 Å². The highest BCUT2D eigenvalue weighted by Gasteiger charge is 2.24. The quantitative estimate of drug-likeness (QED) is 0.652. The van der Waals surface area contributed by atoms with E-state index in [9.17, 15) is 8.42 Å². The van der Waals surface area contributed by atoms with E-state index in [-0.39, 0.29) is 11.8 Å². The maximum Gasteiger partial charge on any atom is 0.211 e. The number of nitrogens with one attached hydrogen (secondary N) is 2. The van der Waals surface area contributed by atoms with E-state index in [4.69, 9.17) is 0 Å². The van der Waals surface area contributed by atoms with Gasteiger partial charge in [0.2, 0.25) is 10.0 Å². The van der Waals surface area contributed by atoms with Crippen LogP contribution in [-0.4, -0.2) is 33.3 Å². The van der Waals surface area contributed by atoms with Gasteiger partial charge in [0.25, 0.3) is 0 Å². The molecule has 0 radical (unpaired) electrons. The maximum atomic E-state index is 11.8. The van der Waals surface area contributed by atoms with Crippen LogP contribution in [0.4, 0.5) is 0 Å². The number of rotatable bonds is 8. The minimum atomic E-state index is -3.09. The van der Waals surface area contributed by atoms with Crippen LogP contribution in [0.15, 0.2) is 0 Å². The van der Waals surface area contributed by atoms with Crippen molar-refractivity contribution < 1.29 is 8.42 Å². The molecule has 0 aromatic carbocycles. The Morgan fingerprint density at radius 3 is 2.53 bits per heavy atom. The Bertz CT molecular complexity index is 298. The number of hydrogen-bond donors (Lipinski definition) is 2. The summed E-state index contributed by atoms with van der Waals surface area (Å²) in [5.41, 5.74) is 0. The largest absolute Gasteiger partial charge is 0.317 e. The van der Waals surface area contributed by atoms with E-state index >= 15 is 0 Å². The molecule has 1 fully saturated rings. The van der Waals surface area contributed by atoms with Crippen molar-refractivity contribution in [1.82, 2.24) is 10.0 Å². The third-order valence-electron chi connectivity index (χ3n) is 3.49. The molecular formula is C12H26N2O2S. The highest BCUT2D eigenvalue weighted by molar-refractivity contribution is 7.89. The molecule has 0 aromatic rings.